The Bertz CT molecular complexity index is 538. The van der Waals surface area contributed by atoms with Crippen LogP contribution in [0.1, 0.15) is 12.0 Å². The molecule has 0 bridgehead atoms. The lowest BCUT2D eigenvalue weighted by atomic mass is 10.2. The average molecular weight is 276 g/mol. The minimum absolute atomic E-state index is 0.138. The first-order valence-electron chi connectivity index (χ1n) is 6.24. The van der Waals surface area contributed by atoms with Crippen molar-refractivity contribution in [1.29, 1.82) is 5.26 Å². The third kappa shape index (κ3) is 3.00. The third-order valence-corrected chi connectivity index (χ3v) is 3.16. The summed E-state index contributed by atoms with van der Waals surface area (Å²) in [6, 6.07) is 6.69. The molecule has 2 atom stereocenters. The summed E-state index contributed by atoms with van der Waals surface area (Å²) in [5.41, 5.74) is 0.506. The third-order valence-electron chi connectivity index (χ3n) is 3.16. The van der Waals surface area contributed by atoms with E-state index in [-0.39, 0.29) is 18.1 Å². The second kappa shape index (κ2) is 6.26. The lowest BCUT2D eigenvalue weighted by molar-refractivity contribution is -0.142. The van der Waals surface area contributed by atoms with Crippen molar-refractivity contribution in [3.05, 3.63) is 23.8 Å². The van der Waals surface area contributed by atoms with Gasteiger partial charge in [0.15, 0.2) is 11.5 Å². The molecule has 20 heavy (non-hydrogen) atoms. The molecule has 2 rings (SSSR count). The molecule has 1 aromatic carbocycles. The van der Waals surface area contributed by atoms with Crippen LogP contribution in [0.25, 0.3) is 0 Å². The quantitative estimate of drug-likeness (QED) is 0.821. The van der Waals surface area contributed by atoms with Gasteiger partial charge in [0.2, 0.25) is 0 Å². The lowest BCUT2D eigenvalue weighted by Crippen LogP contribution is -2.31. The first-order valence-corrected chi connectivity index (χ1v) is 6.24. The van der Waals surface area contributed by atoms with Crippen molar-refractivity contribution in [2.45, 2.75) is 18.6 Å². The van der Waals surface area contributed by atoms with E-state index in [0.29, 0.717) is 30.0 Å². The topological polar surface area (TPSA) is 80.6 Å². The van der Waals surface area contributed by atoms with E-state index >= 15 is 0 Å². The summed E-state index contributed by atoms with van der Waals surface area (Å²) < 4.78 is 15.7. The second-order valence-electron chi connectivity index (χ2n) is 4.44. The van der Waals surface area contributed by atoms with Gasteiger partial charge in [-0.1, -0.05) is 0 Å². The summed E-state index contributed by atoms with van der Waals surface area (Å²) in [5, 5.41) is 11.9. The highest BCUT2D eigenvalue weighted by molar-refractivity contribution is 5.76. The van der Waals surface area contributed by atoms with E-state index < -0.39 is 0 Å². The van der Waals surface area contributed by atoms with Gasteiger partial charge in [-0.3, -0.25) is 4.79 Å². The van der Waals surface area contributed by atoms with Crippen molar-refractivity contribution in [2.24, 2.45) is 0 Å². The van der Waals surface area contributed by atoms with Crippen LogP contribution in [0.3, 0.4) is 0 Å². The molecule has 1 aromatic rings. The van der Waals surface area contributed by atoms with Crippen molar-refractivity contribution in [2.75, 3.05) is 20.8 Å². The van der Waals surface area contributed by atoms with Crippen LogP contribution in [0.2, 0.25) is 0 Å². The number of hydrogen-bond donors (Lipinski definition) is 1. The highest BCUT2D eigenvalue weighted by Gasteiger charge is 2.31. The Balaban J connectivity index is 2.04. The fourth-order valence-electron chi connectivity index (χ4n) is 2.13. The fraction of sp³-hybridized carbons (Fsp3) is 0.429. The molecule has 1 aliphatic rings. The van der Waals surface area contributed by atoms with Crippen LogP contribution in [0.5, 0.6) is 11.5 Å². The number of ether oxygens (including phenoxy) is 3. The Kier molecular flexibility index (Phi) is 4.43. The maximum absolute atomic E-state index is 11.4. The van der Waals surface area contributed by atoms with Crippen LogP contribution in [0.15, 0.2) is 18.2 Å². The first kappa shape index (κ1) is 14.2. The number of hydrogen-bond acceptors (Lipinski definition) is 6. The van der Waals surface area contributed by atoms with Gasteiger partial charge in [0, 0.05) is 19.0 Å². The molecular formula is C14H16N2O4. The zero-order chi connectivity index (χ0) is 14.5. The highest BCUT2D eigenvalue weighted by Crippen LogP contribution is 2.30. The molecule has 1 heterocycles. The minimum Gasteiger partial charge on any atom is -0.493 e. The normalized spacial score (nSPS) is 21.1. The van der Waals surface area contributed by atoms with Crippen LogP contribution < -0.4 is 14.8 Å². The molecule has 0 radical (unpaired) electrons. The highest BCUT2D eigenvalue weighted by atomic mass is 16.5. The van der Waals surface area contributed by atoms with E-state index in [1.807, 2.05) is 6.07 Å². The van der Waals surface area contributed by atoms with Crippen molar-refractivity contribution in [3.8, 4) is 17.6 Å². The van der Waals surface area contributed by atoms with Crippen LogP contribution in [-0.2, 0) is 9.53 Å². The number of nitriles is 1. The number of carbonyl (C=O) groups excluding carboxylic acids is 1. The number of nitrogens with one attached hydrogen (secondary N) is 1. The van der Waals surface area contributed by atoms with Gasteiger partial charge < -0.3 is 19.5 Å². The predicted octanol–water partition coefficient (Wildman–Crippen LogP) is 0.849. The Morgan fingerprint density at radius 3 is 2.85 bits per heavy atom. The molecule has 0 unspecified atom stereocenters. The number of carbonyl (C=O) groups is 1. The molecule has 0 aliphatic carbocycles. The molecule has 106 valence electrons. The second-order valence-corrected chi connectivity index (χ2v) is 4.44. The number of benzene rings is 1. The van der Waals surface area contributed by atoms with E-state index in [0.717, 1.165) is 0 Å². The van der Waals surface area contributed by atoms with E-state index in [1.54, 1.807) is 18.2 Å². The number of rotatable bonds is 4. The standard InChI is InChI=1S/C14H16N2O4/c1-18-13-5-9(7-15)3-4-12(13)20-10-6-11(16-8-10)14(17)19-2/h3-5,10-11,16H,6,8H2,1-2H3/t10-,11+/m1/s1. The van der Waals surface area contributed by atoms with E-state index in [1.165, 1.54) is 14.2 Å². The summed E-state index contributed by atoms with van der Waals surface area (Å²) in [5.74, 6) is 0.775. The van der Waals surface area contributed by atoms with Gasteiger partial charge in [-0.2, -0.15) is 5.26 Å². The van der Waals surface area contributed by atoms with Crippen LogP contribution in [0.4, 0.5) is 0 Å². The summed E-state index contributed by atoms with van der Waals surface area (Å²) in [4.78, 5) is 11.4. The van der Waals surface area contributed by atoms with Gasteiger partial charge in [-0.15, -0.1) is 0 Å². The molecule has 6 nitrogen and oxygen atoms in total. The first-order chi connectivity index (χ1) is 9.67. The van der Waals surface area contributed by atoms with E-state index in [2.05, 4.69) is 5.32 Å². The molecule has 1 aliphatic heterocycles. The molecular weight excluding hydrogens is 260 g/mol. The number of esters is 1. The van der Waals surface area contributed by atoms with E-state index in [4.69, 9.17) is 19.5 Å². The minimum atomic E-state index is -0.339. The van der Waals surface area contributed by atoms with Gasteiger partial charge >= 0.3 is 5.97 Å². The molecule has 0 aromatic heterocycles. The van der Waals surface area contributed by atoms with E-state index in [9.17, 15) is 4.79 Å². The molecule has 1 N–H and O–H groups in total. The Morgan fingerprint density at radius 2 is 2.20 bits per heavy atom. The predicted molar refractivity (Wildman–Crippen MR) is 70.5 cm³/mol. The summed E-state index contributed by atoms with van der Waals surface area (Å²) in [7, 11) is 2.88. The van der Waals surface area contributed by atoms with Gasteiger partial charge in [0.1, 0.15) is 12.1 Å². The molecule has 0 amide bonds. The lowest BCUT2D eigenvalue weighted by Gasteiger charge is -2.15. The monoisotopic (exact) mass is 276 g/mol. The zero-order valence-electron chi connectivity index (χ0n) is 11.4. The smallest absolute Gasteiger partial charge is 0.323 e. The van der Waals surface area contributed by atoms with Gasteiger partial charge in [-0.25, -0.2) is 0 Å². The summed E-state index contributed by atoms with van der Waals surface area (Å²) in [6.07, 6.45) is 0.400. The Labute approximate surface area is 117 Å². The Hall–Kier alpha value is -2.26. The van der Waals surface area contributed by atoms with Crippen molar-refractivity contribution in [3.63, 3.8) is 0 Å². The number of nitrogens with zero attached hydrogens (tertiary/aromatic N) is 1. The SMILES string of the molecule is COC(=O)[C@@H]1C[C@@H](Oc2ccc(C#N)cc2OC)CN1. The van der Waals surface area contributed by atoms with Gasteiger partial charge in [0.25, 0.3) is 0 Å². The maximum atomic E-state index is 11.4. The molecule has 0 saturated carbocycles. The van der Waals surface area contributed by atoms with Crippen LogP contribution in [-0.4, -0.2) is 38.9 Å². The van der Waals surface area contributed by atoms with Gasteiger partial charge in [-0.05, 0) is 12.1 Å². The molecule has 1 saturated heterocycles. The van der Waals surface area contributed by atoms with Crippen LogP contribution >= 0.6 is 0 Å². The molecule has 0 spiro atoms. The maximum Gasteiger partial charge on any atom is 0.323 e. The zero-order valence-corrected chi connectivity index (χ0v) is 11.4. The van der Waals surface area contributed by atoms with Gasteiger partial charge in [0.05, 0.1) is 25.9 Å². The van der Waals surface area contributed by atoms with Crippen molar-refractivity contribution >= 4 is 5.97 Å². The molecule has 1 fully saturated rings. The van der Waals surface area contributed by atoms with Crippen LogP contribution in [0, 0.1) is 11.3 Å². The average Bonchev–Trinajstić information content (AvgIpc) is 2.95. The Morgan fingerprint density at radius 1 is 1.40 bits per heavy atom. The van der Waals surface area contributed by atoms with Crippen molar-refractivity contribution in [1.82, 2.24) is 5.32 Å². The fourth-order valence-corrected chi connectivity index (χ4v) is 2.13. The summed E-state index contributed by atoms with van der Waals surface area (Å²) in [6.45, 7) is 0.558. The number of methoxy groups -OCH3 is 2. The van der Waals surface area contributed by atoms with Crippen molar-refractivity contribution < 1.29 is 19.0 Å². The summed E-state index contributed by atoms with van der Waals surface area (Å²) >= 11 is 0. The largest absolute Gasteiger partial charge is 0.493 e. The molecule has 6 heteroatoms.